The summed E-state index contributed by atoms with van der Waals surface area (Å²) in [6, 6.07) is 5.14. The maximum Gasteiger partial charge on any atom is 0.181 e. The monoisotopic (exact) mass is 256 g/mol. The second kappa shape index (κ2) is 4.77. The van der Waals surface area contributed by atoms with E-state index in [0.717, 1.165) is 25.7 Å². The third kappa shape index (κ3) is 2.68. The first-order valence-electron chi connectivity index (χ1n) is 5.99. The Balaban J connectivity index is 2.21. The zero-order valence-corrected chi connectivity index (χ0v) is 10.7. The van der Waals surface area contributed by atoms with Crippen molar-refractivity contribution in [2.75, 3.05) is 0 Å². The van der Waals surface area contributed by atoms with Gasteiger partial charge in [-0.25, -0.2) is 12.8 Å². The van der Waals surface area contributed by atoms with Crippen LogP contribution >= 0.6 is 0 Å². The number of rotatable bonds is 2. The molecule has 0 aromatic heterocycles. The maximum absolute atomic E-state index is 12.8. The summed E-state index contributed by atoms with van der Waals surface area (Å²) in [4.78, 5) is 0.249. The minimum Gasteiger partial charge on any atom is -0.223 e. The zero-order valence-electron chi connectivity index (χ0n) is 9.90. The van der Waals surface area contributed by atoms with Crippen LogP contribution in [-0.4, -0.2) is 13.7 Å². The largest absolute Gasteiger partial charge is 0.223 e. The van der Waals surface area contributed by atoms with E-state index in [-0.39, 0.29) is 10.1 Å². The molecule has 1 aliphatic carbocycles. The zero-order chi connectivity index (χ0) is 12.5. The lowest BCUT2D eigenvalue weighted by Gasteiger charge is -2.25. The Hall–Kier alpha value is -0.900. The molecule has 0 N–H and O–H groups in total. The SMILES string of the molecule is CC1CCC(S(=O)(=O)c2ccc(F)cc2)CC1. The number of hydrogen-bond donors (Lipinski definition) is 0. The van der Waals surface area contributed by atoms with Crippen LogP contribution < -0.4 is 0 Å². The standard InChI is InChI=1S/C13H17FO2S/c1-10-2-6-12(7-3-10)17(15,16)13-8-4-11(14)5-9-13/h4-5,8-10,12H,2-3,6-7H2,1H3. The van der Waals surface area contributed by atoms with Crippen molar-refractivity contribution in [2.45, 2.75) is 42.8 Å². The van der Waals surface area contributed by atoms with E-state index in [1.165, 1.54) is 24.3 Å². The fraction of sp³-hybridized carbons (Fsp3) is 0.538. The van der Waals surface area contributed by atoms with Gasteiger partial charge >= 0.3 is 0 Å². The van der Waals surface area contributed by atoms with Crippen molar-refractivity contribution >= 4 is 9.84 Å². The lowest BCUT2D eigenvalue weighted by atomic mass is 9.91. The molecule has 4 heteroatoms. The van der Waals surface area contributed by atoms with E-state index >= 15 is 0 Å². The van der Waals surface area contributed by atoms with Crippen molar-refractivity contribution in [2.24, 2.45) is 5.92 Å². The third-order valence-corrected chi connectivity index (χ3v) is 5.82. The molecule has 1 saturated carbocycles. The van der Waals surface area contributed by atoms with Crippen LogP contribution in [0.4, 0.5) is 4.39 Å². The summed E-state index contributed by atoms with van der Waals surface area (Å²) in [6.45, 7) is 2.15. The van der Waals surface area contributed by atoms with E-state index in [1.54, 1.807) is 0 Å². The minimum atomic E-state index is -3.27. The predicted octanol–water partition coefficient (Wildman–Crippen LogP) is 3.18. The average Bonchev–Trinajstić information content (AvgIpc) is 2.30. The van der Waals surface area contributed by atoms with Crippen LogP contribution in [0.2, 0.25) is 0 Å². The van der Waals surface area contributed by atoms with Gasteiger partial charge < -0.3 is 0 Å². The Morgan fingerprint density at radius 3 is 2.12 bits per heavy atom. The van der Waals surface area contributed by atoms with Gasteiger partial charge in [0.2, 0.25) is 0 Å². The lowest BCUT2D eigenvalue weighted by molar-refractivity contribution is 0.382. The molecule has 0 heterocycles. The summed E-state index contributed by atoms with van der Waals surface area (Å²) >= 11 is 0. The highest BCUT2D eigenvalue weighted by Gasteiger charge is 2.30. The van der Waals surface area contributed by atoms with Gasteiger partial charge in [-0.3, -0.25) is 0 Å². The lowest BCUT2D eigenvalue weighted by Crippen LogP contribution is -2.26. The molecular formula is C13H17FO2S. The molecule has 0 radical (unpaired) electrons. The second-order valence-corrected chi connectivity index (χ2v) is 7.11. The van der Waals surface area contributed by atoms with Crippen LogP contribution in [0.3, 0.4) is 0 Å². The second-order valence-electron chi connectivity index (χ2n) is 4.88. The van der Waals surface area contributed by atoms with Crippen molar-refractivity contribution in [3.63, 3.8) is 0 Å². The van der Waals surface area contributed by atoms with Crippen LogP contribution in [0.25, 0.3) is 0 Å². The smallest absolute Gasteiger partial charge is 0.181 e. The molecule has 0 aliphatic heterocycles. The first kappa shape index (κ1) is 12.6. The Morgan fingerprint density at radius 1 is 1.06 bits per heavy atom. The van der Waals surface area contributed by atoms with E-state index < -0.39 is 15.7 Å². The molecule has 1 aliphatic rings. The highest BCUT2D eigenvalue weighted by molar-refractivity contribution is 7.92. The van der Waals surface area contributed by atoms with E-state index in [2.05, 4.69) is 6.92 Å². The molecule has 0 amide bonds. The van der Waals surface area contributed by atoms with Gasteiger partial charge in [0.25, 0.3) is 0 Å². The molecule has 0 spiro atoms. The van der Waals surface area contributed by atoms with Crippen molar-refractivity contribution in [1.29, 1.82) is 0 Å². The van der Waals surface area contributed by atoms with Crippen LogP contribution in [0.1, 0.15) is 32.6 Å². The summed E-state index contributed by atoms with van der Waals surface area (Å²) in [5.74, 6) is 0.218. The van der Waals surface area contributed by atoms with Gasteiger partial charge in [-0.2, -0.15) is 0 Å². The summed E-state index contributed by atoms with van der Waals surface area (Å²) in [5.41, 5.74) is 0. The molecule has 1 aromatic carbocycles. The van der Waals surface area contributed by atoms with E-state index in [0.29, 0.717) is 5.92 Å². The molecule has 94 valence electrons. The van der Waals surface area contributed by atoms with Crippen LogP contribution in [0.15, 0.2) is 29.2 Å². The fourth-order valence-corrected chi connectivity index (χ4v) is 4.15. The molecular weight excluding hydrogens is 239 g/mol. The molecule has 0 saturated heterocycles. The van der Waals surface area contributed by atoms with Crippen LogP contribution in [0, 0.1) is 11.7 Å². The van der Waals surface area contributed by atoms with Gasteiger partial charge in [0, 0.05) is 0 Å². The van der Waals surface area contributed by atoms with Gasteiger partial charge in [0.05, 0.1) is 10.1 Å². The molecule has 1 fully saturated rings. The highest BCUT2D eigenvalue weighted by Crippen LogP contribution is 2.31. The minimum absolute atomic E-state index is 0.249. The first-order valence-corrected chi connectivity index (χ1v) is 7.54. The number of halogens is 1. The summed E-state index contributed by atoms with van der Waals surface area (Å²) in [7, 11) is -3.27. The number of benzene rings is 1. The van der Waals surface area contributed by atoms with Gasteiger partial charge in [0.15, 0.2) is 9.84 Å². The summed E-state index contributed by atoms with van der Waals surface area (Å²) in [6.07, 6.45) is 3.37. The maximum atomic E-state index is 12.8. The Labute approximate surface area is 102 Å². The molecule has 0 bridgehead atoms. The van der Waals surface area contributed by atoms with Crippen molar-refractivity contribution in [3.8, 4) is 0 Å². The molecule has 1 aromatic rings. The van der Waals surface area contributed by atoms with Gasteiger partial charge in [-0.05, 0) is 55.9 Å². The van der Waals surface area contributed by atoms with Crippen LogP contribution in [-0.2, 0) is 9.84 Å². The first-order chi connectivity index (χ1) is 8.00. The van der Waals surface area contributed by atoms with Crippen molar-refractivity contribution in [3.05, 3.63) is 30.1 Å². The van der Waals surface area contributed by atoms with Crippen molar-refractivity contribution < 1.29 is 12.8 Å². The molecule has 17 heavy (non-hydrogen) atoms. The Bertz CT molecular complexity index is 471. The number of sulfone groups is 1. The summed E-state index contributed by atoms with van der Waals surface area (Å²) < 4.78 is 37.3. The van der Waals surface area contributed by atoms with Gasteiger partial charge in [0.1, 0.15) is 5.82 Å². The summed E-state index contributed by atoms with van der Waals surface area (Å²) in [5, 5.41) is -0.288. The van der Waals surface area contributed by atoms with Gasteiger partial charge in [-0.15, -0.1) is 0 Å². The number of hydrogen-bond acceptors (Lipinski definition) is 2. The van der Waals surface area contributed by atoms with E-state index in [9.17, 15) is 12.8 Å². The normalized spacial score (nSPS) is 25.8. The van der Waals surface area contributed by atoms with E-state index in [1.807, 2.05) is 0 Å². The van der Waals surface area contributed by atoms with Gasteiger partial charge in [-0.1, -0.05) is 6.92 Å². The highest BCUT2D eigenvalue weighted by atomic mass is 32.2. The average molecular weight is 256 g/mol. The molecule has 0 atom stereocenters. The molecule has 0 unspecified atom stereocenters. The molecule has 2 nitrogen and oxygen atoms in total. The van der Waals surface area contributed by atoms with Crippen molar-refractivity contribution in [1.82, 2.24) is 0 Å². The predicted molar refractivity (Wildman–Crippen MR) is 65.0 cm³/mol. The Kier molecular flexibility index (Phi) is 3.52. The van der Waals surface area contributed by atoms with Crippen LogP contribution in [0.5, 0.6) is 0 Å². The third-order valence-electron chi connectivity index (χ3n) is 3.54. The topological polar surface area (TPSA) is 34.1 Å². The van der Waals surface area contributed by atoms with E-state index in [4.69, 9.17) is 0 Å². The Morgan fingerprint density at radius 2 is 1.59 bits per heavy atom. The quantitative estimate of drug-likeness (QED) is 0.762. The molecule has 2 rings (SSSR count). The fourth-order valence-electron chi connectivity index (χ4n) is 2.36.